The normalized spacial score (nSPS) is 21.1. The molecule has 1 saturated heterocycles. The average Bonchev–Trinajstić information content (AvgIpc) is 2.75. The first-order valence-corrected chi connectivity index (χ1v) is 10.5. The molecule has 2 N–H and O–H groups in total. The summed E-state index contributed by atoms with van der Waals surface area (Å²) >= 11 is 0. The second-order valence-corrected chi connectivity index (χ2v) is 8.47. The van der Waals surface area contributed by atoms with Crippen molar-refractivity contribution in [2.24, 2.45) is 0 Å². The summed E-state index contributed by atoms with van der Waals surface area (Å²) in [4.78, 5) is 18.8. The highest BCUT2D eigenvalue weighted by molar-refractivity contribution is 5.84. The zero-order valence-corrected chi connectivity index (χ0v) is 17.5. The van der Waals surface area contributed by atoms with E-state index in [9.17, 15) is 9.90 Å². The van der Waals surface area contributed by atoms with E-state index in [1.807, 2.05) is 30.3 Å². The Morgan fingerprint density at radius 1 is 1.20 bits per heavy atom. The van der Waals surface area contributed by atoms with Gasteiger partial charge in [-0.25, -0.2) is 4.98 Å². The number of carbonyl (C=O) groups excluding carboxylic acids is 1. The largest absolute Gasteiger partial charge is 0.484 e. The molecule has 0 spiro atoms. The summed E-state index contributed by atoms with van der Waals surface area (Å²) in [5.41, 5.74) is -0.193. The molecule has 0 radical (unpaired) electrons. The molecule has 1 amide bonds. The molecule has 4 rings (SSSR count). The van der Waals surface area contributed by atoms with Gasteiger partial charge in [-0.05, 0) is 44.4 Å². The average molecular weight is 412 g/mol. The minimum atomic E-state index is -1.36. The highest BCUT2D eigenvalue weighted by Crippen LogP contribution is 2.36. The Morgan fingerprint density at radius 3 is 2.63 bits per heavy atom. The number of ether oxygens (including phenoxy) is 2. The number of amides is 1. The number of nitrogens with zero attached hydrogens (tertiary/aromatic N) is 2. The van der Waals surface area contributed by atoms with E-state index in [1.165, 1.54) is 19.4 Å². The van der Waals surface area contributed by atoms with E-state index in [0.717, 1.165) is 25.9 Å². The third kappa shape index (κ3) is 4.57. The third-order valence-corrected chi connectivity index (χ3v) is 5.71. The van der Waals surface area contributed by atoms with Gasteiger partial charge in [0.2, 0.25) is 0 Å². The number of piperidine rings is 1. The van der Waals surface area contributed by atoms with Gasteiger partial charge in [0.25, 0.3) is 11.8 Å². The number of benzene rings is 1. The Hall–Kier alpha value is -2.64. The lowest BCUT2D eigenvalue weighted by Gasteiger charge is -2.42. The van der Waals surface area contributed by atoms with Crippen LogP contribution in [0.25, 0.3) is 0 Å². The van der Waals surface area contributed by atoms with E-state index in [0.29, 0.717) is 18.2 Å². The number of carbonyl (C=O) groups is 1. The Labute approximate surface area is 177 Å². The first-order valence-electron chi connectivity index (χ1n) is 10.5. The van der Waals surface area contributed by atoms with Crippen molar-refractivity contribution in [3.8, 4) is 11.6 Å². The monoisotopic (exact) mass is 411 g/mol. The predicted molar refractivity (Wildman–Crippen MR) is 112 cm³/mol. The molecule has 160 valence electrons. The van der Waals surface area contributed by atoms with Gasteiger partial charge >= 0.3 is 0 Å². The van der Waals surface area contributed by atoms with Gasteiger partial charge in [0, 0.05) is 25.3 Å². The van der Waals surface area contributed by atoms with Gasteiger partial charge in [-0.1, -0.05) is 30.3 Å². The van der Waals surface area contributed by atoms with Crippen LogP contribution in [0.2, 0.25) is 0 Å². The summed E-state index contributed by atoms with van der Waals surface area (Å²) in [5, 5.41) is 12.9. The predicted octanol–water partition coefficient (Wildman–Crippen LogP) is 2.31. The first-order chi connectivity index (χ1) is 14.4. The van der Waals surface area contributed by atoms with Crippen LogP contribution in [-0.2, 0) is 4.79 Å². The number of likely N-dealkylation sites (tertiary alicyclic amines) is 1. The topological polar surface area (TPSA) is 83.9 Å². The molecule has 1 aromatic heterocycles. The van der Waals surface area contributed by atoms with Crippen molar-refractivity contribution in [1.29, 1.82) is 0 Å². The summed E-state index contributed by atoms with van der Waals surface area (Å²) in [7, 11) is 0. The van der Waals surface area contributed by atoms with Gasteiger partial charge in [-0.15, -0.1) is 0 Å². The molecular formula is C23H29N3O4. The van der Waals surface area contributed by atoms with E-state index in [4.69, 9.17) is 9.47 Å². The summed E-state index contributed by atoms with van der Waals surface area (Å²) in [6.07, 6.45) is 3.15. The molecule has 0 bridgehead atoms. The summed E-state index contributed by atoms with van der Waals surface area (Å²) in [6, 6.07) is 14.1. The molecule has 2 atom stereocenters. The van der Waals surface area contributed by atoms with Crippen LogP contribution in [0.5, 0.6) is 11.6 Å². The van der Waals surface area contributed by atoms with Crippen LogP contribution in [0.15, 0.2) is 48.7 Å². The zero-order valence-electron chi connectivity index (χ0n) is 17.5. The van der Waals surface area contributed by atoms with Crippen molar-refractivity contribution in [1.82, 2.24) is 15.2 Å². The standard InChI is InChI=1S/C23H29N3O4/c1-23(2,28)22(27)25-17-10-13-26(14-11-17)20(16-7-4-3-5-8-16)19-15-29-18-9-6-12-24-21(18)30-19/h3-9,12,17,19-20,28H,10-11,13-15H2,1-2H3,(H,25,27)/t19-,20?/m1/s1. The molecule has 2 aliphatic heterocycles. The zero-order chi connectivity index (χ0) is 21.1. The van der Waals surface area contributed by atoms with Gasteiger partial charge in [-0.3, -0.25) is 9.69 Å². The van der Waals surface area contributed by atoms with Gasteiger partial charge in [0.1, 0.15) is 12.2 Å². The van der Waals surface area contributed by atoms with Crippen LogP contribution in [-0.4, -0.2) is 58.3 Å². The molecule has 2 aliphatic rings. The Morgan fingerprint density at radius 2 is 1.93 bits per heavy atom. The summed E-state index contributed by atoms with van der Waals surface area (Å²) in [6.45, 7) is 5.09. The van der Waals surface area contributed by atoms with Crippen molar-refractivity contribution < 1.29 is 19.4 Å². The second kappa shape index (κ2) is 8.62. The van der Waals surface area contributed by atoms with E-state index in [2.05, 4.69) is 27.3 Å². The van der Waals surface area contributed by atoms with Crippen LogP contribution in [0.3, 0.4) is 0 Å². The van der Waals surface area contributed by atoms with E-state index in [1.54, 1.807) is 6.20 Å². The maximum Gasteiger partial charge on any atom is 0.257 e. The quantitative estimate of drug-likeness (QED) is 0.786. The van der Waals surface area contributed by atoms with Crippen LogP contribution in [0, 0.1) is 0 Å². The summed E-state index contributed by atoms with van der Waals surface area (Å²) in [5.74, 6) is 0.878. The summed E-state index contributed by atoms with van der Waals surface area (Å²) < 4.78 is 12.2. The number of fused-ring (bicyclic) bond motifs is 1. The molecule has 1 unspecified atom stereocenters. The number of hydrogen-bond donors (Lipinski definition) is 2. The van der Waals surface area contributed by atoms with Gasteiger partial charge in [0.05, 0.1) is 6.04 Å². The van der Waals surface area contributed by atoms with Gasteiger partial charge < -0.3 is 19.9 Å². The van der Waals surface area contributed by atoms with Crippen molar-refractivity contribution >= 4 is 5.91 Å². The number of nitrogens with one attached hydrogen (secondary N) is 1. The van der Waals surface area contributed by atoms with Crippen LogP contribution in [0.4, 0.5) is 0 Å². The minimum Gasteiger partial charge on any atom is -0.484 e. The SMILES string of the molecule is CC(C)(O)C(=O)NC1CCN(C(c2ccccc2)[C@H]2COc3cccnc3O2)CC1. The van der Waals surface area contributed by atoms with Crippen molar-refractivity contribution in [2.45, 2.75) is 50.5 Å². The molecule has 0 saturated carbocycles. The maximum atomic E-state index is 12.1. The highest BCUT2D eigenvalue weighted by Gasteiger charge is 2.37. The molecular weight excluding hydrogens is 382 g/mol. The lowest BCUT2D eigenvalue weighted by Crippen LogP contribution is -2.53. The number of rotatable bonds is 5. The Balaban J connectivity index is 1.48. The highest BCUT2D eigenvalue weighted by atomic mass is 16.6. The fourth-order valence-corrected chi connectivity index (χ4v) is 4.07. The molecule has 3 heterocycles. The van der Waals surface area contributed by atoms with Gasteiger partial charge in [-0.2, -0.15) is 0 Å². The molecule has 2 aromatic rings. The molecule has 7 heteroatoms. The minimum absolute atomic E-state index is 0.0206. The maximum absolute atomic E-state index is 12.1. The molecule has 30 heavy (non-hydrogen) atoms. The van der Waals surface area contributed by atoms with Crippen molar-refractivity contribution in [2.75, 3.05) is 19.7 Å². The van der Waals surface area contributed by atoms with Gasteiger partial charge in [0.15, 0.2) is 11.9 Å². The van der Waals surface area contributed by atoms with Crippen molar-refractivity contribution in [3.05, 3.63) is 54.2 Å². The van der Waals surface area contributed by atoms with E-state index in [-0.39, 0.29) is 24.1 Å². The van der Waals surface area contributed by atoms with Crippen molar-refractivity contribution in [3.63, 3.8) is 0 Å². The number of aliphatic hydroxyl groups is 1. The molecule has 7 nitrogen and oxygen atoms in total. The Kier molecular flexibility index (Phi) is 5.92. The molecule has 1 fully saturated rings. The fraction of sp³-hybridized carbons (Fsp3) is 0.478. The third-order valence-electron chi connectivity index (χ3n) is 5.71. The first kappa shape index (κ1) is 20.6. The van der Waals surface area contributed by atoms with E-state index < -0.39 is 5.60 Å². The smallest absolute Gasteiger partial charge is 0.257 e. The second-order valence-electron chi connectivity index (χ2n) is 8.47. The number of hydrogen-bond acceptors (Lipinski definition) is 6. The Bertz CT molecular complexity index is 860. The van der Waals surface area contributed by atoms with Crippen LogP contribution < -0.4 is 14.8 Å². The fourth-order valence-electron chi connectivity index (χ4n) is 4.07. The van der Waals surface area contributed by atoms with Crippen LogP contribution >= 0.6 is 0 Å². The van der Waals surface area contributed by atoms with E-state index >= 15 is 0 Å². The lowest BCUT2D eigenvalue weighted by molar-refractivity contribution is -0.137. The van der Waals surface area contributed by atoms with Crippen LogP contribution in [0.1, 0.15) is 38.3 Å². The molecule has 1 aromatic carbocycles. The number of pyridine rings is 1. The number of aromatic nitrogens is 1. The molecule has 0 aliphatic carbocycles. The lowest BCUT2D eigenvalue weighted by atomic mass is 9.95.